The van der Waals surface area contributed by atoms with Gasteiger partial charge in [-0.1, -0.05) is 0 Å². The summed E-state index contributed by atoms with van der Waals surface area (Å²) in [4.78, 5) is 11.5. The van der Waals surface area contributed by atoms with E-state index in [1.165, 1.54) is 12.1 Å². The Morgan fingerprint density at radius 1 is 1.42 bits per heavy atom. The molecular formula is C12H15F3N2O2. The van der Waals surface area contributed by atoms with Crippen LogP contribution in [0.5, 0.6) is 0 Å². The predicted octanol–water partition coefficient (Wildman–Crippen LogP) is 2.41. The van der Waals surface area contributed by atoms with Gasteiger partial charge in [-0.2, -0.15) is 0 Å². The molecule has 1 rings (SSSR count). The van der Waals surface area contributed by atoms with Gasteiger partial charge in [-0.15, -0.1) is 0 Å². The monoisotopic (exact) mass is 276 g/mol. The lowest BCUT2D eigenvalue weighted by atomic mass is 10.2. The molecule has 0 saturated carbocycles. The van der Waals surface area contributed by atoms with Crippen molar-refractivity contribution in [2.75, 3.05) is 24.3 Å². The van der Waals surface area contributed by atoms with Crippen molar-refractivity contribution in [3.05, 3.63) is 24.0 Å². The minimum atomic E-state index is -2.52. The summed E-state index contributed by atoms with van der Waals surface area (Å²) in [6.45, 7) is -0.595. The quantitative estimate of drug-likeness (QED) is 0.593. The molecule has 0 bridgehead atoms. The first-order valence-electron chi connectivity index (χ1n) is 5.70. The number of carbonyl (C=O) groups excluding carboxylic acids is 1. The predicted molar refractivity (Wildman–Crippen MR) is 65.5 cm³/mol. The summed E-state index contributed by atoms with van der Waals surface area (Å²) >= 11 is 0. The van der Waals surface area contributed by atoms with E-state index in [1.807, 2.05) is 0 Å². The van der Waals surface area contributed by atoms with Crippen molar-refractivity contribution < 1.29 is 22.7 Å². The van der Waals surface area contributed by atoms with Crippen LogP contribution in [-0.4, -0.2) is 25.5 Å². The summed E-state index contributed by atoms with van der Waals surface area (Å²) in [5, 5.41) is 2.35. The van der Waals surface area contributed by atoms with Gasteiger partial charge in [0.05, 0.1) is 5.69 Å². The maximum Gasteiger partial charge on any atom is 0.261 e. The van der Waals surface area contributed by atoms with Crippen molar-refractivity contribution in [3.8, 4) is 0 Å². The average Bonchev–Trinajstić information content (AvgIpc) is 2.33. The molecule has 19 heavy (non-hydrogen) atoms. The Labute approximate surface area is 108 Å². The molecule has 0 fully saturated rings. The van der Waals surface area contributed by atoms with Crippen molar-refractivity contribution in [3.63, 3.8) is 0 Å². The second-order valence-electron chi connectivity index (χ2n) is 3.86. The molecule has 3 N–H and O–H groups in total. The van der Waals surface area contributed by atoms with E-state index in [0.29, 0.717) is 5.69 Å². The number of nitrogens with one attached hydrogen (secondary N) is 1. The van der Waals surface area contributed by atoms with Gasteiger partial charge in [-0.05, 0) is 24.6 Å². The van der Waals surface area contributed by atoms with Crippen LogP contribution in [0, 0.1) is 5.82 Å². The Balaban J connectivity index is 2.29. The molecule has 0 unspecified atom stereocenters. The molecule has 106 valence electrons. The van der Waals surface area contributed by atoms with Crippen LogP contribution in [0.4, 0.5) is 24.5 Å². The Bertz CT molecular complexity index is 427. The topological polar surface area (TPSA) is 64.3 Å². The first-order valence-corrected chi connectivity index (χ1v) is 5.70. The van der Waals surface area contributed by atoms with E-state index in [0.717, 1.165) is 6.07 Å². The zero-order valence-corrected chi connectivity index (χ0v) is 10.2. The highest BCUT2D eigenvalue weighted by atomic mass is 19.3. The number of nitrogens with two attached hydrogens (primary N) is 1. The van der Waals surface area contributed by atoms with Gasteiger partial charge in [0.2, 0.25) is 5.91 Å². The molecule has 0 heterocycles. The average molecular weight is 276 g/mol. The Morgan fingerprint density at radius 2 is 2.16 bits per heavy atom. The lowest BCUT2D eigenvalue weighted by Crippen LogP contribution is -2.14. The van der Waals surface area contributed by atoms with Crippen LogP contribution in [0.2, 0.25) is 0 Å². The van der Waals surface area contributed by atoms with Crippen molar-refractivity contribution >= 4 is 17.3 Å². The fraction of sp³-hybridized carbons (Fsp3) is 0.417. The van der Waals surface area contributed by atoms with Crippen molar-refractivity contribution in [1.82, 2.24) is 0 Å². The SMILES string of the molecule is Nc1ccc(F)c(NC(=O)CCCOCC(F)F)c1. The van der Waals surface area contributed by atoms with Crippen LogP contribution in [0.15, 0.2) is 18.2 Å². The number of benzene rings is 1. The molecule has 0 radical (unpaired) electrons. The van der Waals surface area contributed by atoms with E-state index < -0.39 is 24.8 Å². The smallest absolute Gasteiger partial charge is 0.261 e. The van der Waals surface area contributed by atoms with Gasteiger partial charge in [-0.3, -0.25) is 4.79 Å². The molecule has 0 aromatic heterocycles. The number of halogens is 3. The third kappa shape index (κ3) is 6.10. The molecule has 7 heteroatoms. The second-order valence-corrected chi connectivity index (χ2v) is 3.86. The Hall–Kier alpha value is -1.76. The zero-order valence-electron chi connectivity index (χ0n) is 10.2. The molecule has 4 nitrogen and oxygen atoms in total. The van der Waals surface area contributed by atoms with Gasteiger partial charge in [-0.25, -0.2) is 13.2 Å². The number of ether oxygens (including phenoxy) is 1. The van der Waals surface area contributed by atoms with Gasteiger partial charge in [0.15, 0.2) is 0 Å². The lowest BCUT2D eigenvalue weighted by molar-refractivity contribution is -0.116. The van der Waals surface area contributed by atoms with Gasteiger partial charge in [0, 0.05) is 18.7 Å². The number of hydrogen-bond donors (Lipinski definition) is 2. The lowest BCUT2D eigenvalue weighted by Gasteiger charge is -2.07. The fourth-order valence-corrected chi connectivity index (χ4v) is 1.36. The van der Waals surface area contributed by atoms with Gasteiger partial charge in [0.1, 0.15) is 12.4 Å². The first-order chi connectivity index (χ1) is 8.99. The molecule has 0 atom stereocenters. The van der Waals surface area contributed by atoms with Crippen LogP contribution in [0.1, 0.15) is 12.8 Å². The number of rotatable bonds is 7. The minimum absolute atomic E-state index is 0.00139. The van der Waals surface area contributed by atoms with Crippen molar-refractivity contribution in [2.24, 2.45) is 0 Å². The molecular weight excluding hydrogens is 261 g/mol. The number of alkyl halides is 2. The third-order valence-electron chi connectivity index (χ3n) is 2.20. The molecule has 0 spiro atoms. The maximum absolute atomic E-state index is 13.3. The first kappa shape index (κ1) is 15.3. The summed E-state index contributed by atoms with van der Waals surface area (Å²) in [7, 11) is 0. The van der Waals surface area contributed by atoms with Gasteiger partial charge >= 0.3 is 0 Å². The number of nitrogen functional groups attached to an aromatic ring is 1. The third-order valence-corrected chi connectivity index (χ3v) is 2.20. The number of amides is 1. The molecule has 0 aliphatic carbocycles. The summed E-state index contributed by atoms with van der Waals surface area (Å²) < 4.78 is 41.4. The Kier molecular flexibility index (Phi) is 6.14. The van der Waals surface area contributed by atoms with Crippen LogP contribution < -0.4 is 11.1 Å². The maximum atomic E-state index is 13.3. The summed E-state index contributed by atoms with van der Waals surface area (Å²) in [6, 6.07) is 3.83. The zero-order chi connectivity index (χ0) is 14.3. The highest BCUT2D eigenvalue weighted by molar-refractivity contribution is 5.91. The van der Waals surface area contributed by atoms with E-state index in [1.54, 1.807) is 0 Å². The van der Waals surface area contributed by atoms with E-state index in [9.17, 15) is 18.0 Å². The molecule has 1 amide bonds. The fourth-order valence-electron chi connectivity index (χ4n) is 1.36. The molecule has 0 aliphatic rings. The highest BCUT2D eigenvalue weighted by Gasteiger charge is 2.08. The number of carbonyl (C=O) groups is 1. The number of anilines is 2. The standard InChI is InChI=1S/C12H15F3N2O2/c13-9-4-3-8(16)6-10(9)17-12(18)2-1-5-19-7-11(14)15/h3-4,6,11H,1-2,5,7,16H2,(H,17,18). The van der Waals surface area contributed by atoms with Crippen LogP contribution in [-0.2, 0) is 9.53 Å². The summed E-state index contributed by atoms with van der Waals surface area (Å²) in [6.07, 6.45) is -2.19. The van der Waals surface area contributed by atoms with Crippen molar-refractivity contribution in [1.29, 1.82) is 0 Å². The van der Waals surface area contributed by atoms with Gasteiger partial charge in [0.25, 0.3) is 6.43 Å². The van der Waals surface area contributed by atoms with E-state index in [4.69, 9.17) is 5.73 Å². The van der Waals surface area contributed by atoms with Crippen LogP contribution in [0.25, 0.3) is 0 Å². The molecule has 0 aliphatic heterocycles. The highest BCUT2D eigenvalue weighted by Crippen LogP contribution is 2.17. The molecule has 1 aromatic rings. The van der Waals surface area contributed by atoms with E-state index in [-0.39, 0.29) is 25.1 Å². The largest absolute Gasteiger partial charge is 0.399 e. The Morgan fingerprint density at radius 3 is 2.84 bits per heavy atom. The minimum Gasteiger partial charge on any atom is -0.399 e. The van der Waals surface area contributed by atoms with E-state index in [2.05, 4.69) is 10.1 Å². The molecule has 0 saturated heterocycles. The summed E-state index contributed by atoms with van der Waals surface area (Å²) in [5.74, 6) is -1.01. The van der Waals surface area contributed by atoms with Crippen LogP contribution in [0.3, 0.4) is 0 Å². The molecule has 1 aromatic carbocycles. The van der Waals surface area contributed by atoms with Crippen molar-refractivity contribution in [2.45, 2.75) is 19.3 Å². The summed E-state index contributed by atoms with van der Waals surface area (Å²) in [5.41, 5.74) is 5.79. The normalized spacial score (nSPS) is 10.7. The second kappa shape index (κ2) is 7.63. The van der Waals surface area contributed by atoms with Crippen LogP contribution >= 0.6 is 0 Å². The van der Waals surface area contributed by atoms with E-state index >= 15 is 0 Å². The van der Waals surface area contributed by atoms with Gasteiger partial charge < -0.3 is 15.8 Å². The number of hydrogen-bond acceptors (Lipinski definition) is 3.